The molecule has 0 radical (unpaired) electrons. The lowest BCUT2D eigenvalue weighted by Crippen LogP contribution is -2.41. The van der Waals surface area contributed by atoms with E-state index in [1.54, 1.807) is 13.0 Å². The number of nitrogens with one attached hydrogen (secondary N) is 1. The van der Waals surface area contributed by atoms with Crippen LogP contribution in [-0.4, -0.2) is 36.2 Å². The number of anilines is 1. The van der Waals surface area contributed by atoms with Gasteiger partial charge in [0.15, 0.2) is 5.78 Å². The van der Waals surface area contributed by atoms with Gasteiger partial charge in [-0.3, -0.25) is 14.5 Å². The van der Waals surface area contributed by atoms with E-state index in [4.69, 9.17) is 0 Å². The standard InChI is InChI=1S/C27H31N3O3/c1-17(2)18-11-13-19(14-12-18)27(5)24(32)30(25(33)28-27)16-20(31)15-23-26(3,4)21-9-7-8-10-22(21)29(23)6/h7-15,17H,16H2,1-6H3,(H,28,33)/b23-15-. The maximum atomic E-state index is 13.3. The molecule has 3 amide bonds. The zero-order valence-electron chi connectivity index (χ0n) is 20.1. The van der Waals surface area contributed by atoms with Crippen LogP contribution in [-0.2, 0) is 20.5 Å². The number of hydrogen-bond donors (Lipinski definition) is 1. The van der Waals surface area contributed by atoms with Gasteiger partial charge in [-0.1, -0.05) is 70.2 Å². The van der Waals surface area contributed by atoms with Gasteiger partial charge in [0, 0.05) is 29.9 Å². The van der Waals surface area contributed by atoms with E-state index in [0.29, 0.717) is 11.5 Å². The summed E-state index contributed by atoms with van der Waals surface area (Å²) in [4.78, 5) is 42.0. The third kappa shape index (κ3) is 3.63. The summed E-state index contributed by atoms with van der Waals surface area (Å²) in [7, 11) is 1.93. The number of allylic oxidation sites excluding steroid dienone is 1. The zero-order valence-corrected chi connectivity index (χ0v) is 20.1. The fourth-order valence-electron chi connectivity index (χ4n) is 4.85. The van der Waals surface area contributed by atoms with E-state index < -0.39 is 17.5 Å². The van der Waals surface area contributed by atoms with Crippen LogP contribution < -0.4 is 10.2 Å². The van der Waals surface area contributed by atoms with Gasteiger partial charge in [-0.2, -0.15) is 0 Å². The Hall–Kier alpha value is -3.41. The first-order chi connectivity index (χ1) is 15.5. The lowest BCUT2D eigenvalue weighted by molar-refractivity contribution is -0.133. The molecule has 1 N–H and O–H groups in total. The minimum Gasteiger partial charge on any atom is -0.347 e. The molecule has 6 nitrogen and oxygen atoms in total. The number of fused-ring (bicyclic) bond motifs is 1. The molecule has 2 aliphatic heterocycles. The van der Waals surface area contributed by atoms with Crippen LogP contribution in [0.5, 0.6) is 0 Å². The number of amides is 3. The molecule has 2 heterocycles. The second kappa shape index (κ2) is 7.87. The highest BCUT2D eigenvalue weighted by atomic mass is 16.2. The van der Waals surface area contributed by atoms with Crippen LogP contribution in [0.3, 0.4) is 0 Å². The number of imide groups is 1. The Kier molecular flexibility index (Phi) is 5.43. The highest BCUT2D eigenvalue weighted by molar-refractivity contribution is 6.10. The zero-order chi connectivity index (χ0) is 24.1. The summed E-state index contributed by atoms with van der Waals surface area (Å²) < 4.78 is 0. The maximum absolute atomic E-state index is 13.3. The van der Waals surface area contributed by atoms with E-state index in [1.807, 2.05) is 54.4 Å². The fourth-order valence-corrected chi connectivity index (χ4v) is 4.85. The number of carbonyl (C=O) groups excluding carboxylic acids is 3. The minimum atomic E-state index is -1.19. The molecule has 1 fully saturated rings. The van der Waals surface area contributed by atoms with E-state index in [1.165, 1.54) is 0 Å². The monoisotopic (exact) mass is 445 g/mol. The molecule has 0 aliphatic carbocycles. The van der Waals surface area contributed by atoms with Gasteiger partial charge in [0.1, 0.15) is 5.54 Å². The molecule has 2 aliphatic rings. The lowest BCUT2D eigenvalue weighted by Gasteiger charge is -2.24. The van der Waals surface area contributed by atoms with Gasteiger partial charge >= 0.3 is 6.03 Å². The molecular weight excluding hydrogens is 414 g/mol. The number of ketones is 1. The molecule has 2 aromatic carbocycles. The number of rotatable bonds is 5. The molecule has 0 aromatic heterocycles. The molecule has 2 aromatic rings. The summed E-state index contributed by atoms with van der Waals surface area (Å²) in [5.41, 5.74) is 3.33. The highest BCUT2D eigenvalue weighted by Gasteiger charge is 2.49. The smallest absolute Gasteiger partial charge is 0.325 e. The average molecular weight is 446 g/mol. The van der Waals surface area contributed by atoms with Crippen molar-refractivity contribution < 1.29 is 14.4 Å². The largest absolute Gasteiger partial charge is 0.347 e. The Morgan fingerprint density at radius 2 is 1.67 bits per heavy atom. The van der Waals surface area contributed by atoms with E-state index >= 15 is 0 Å². The van der Waals surface area contributed by atoms with Crippen molar-refractivity contribution in [1.29, 1.82) is 0 Å². The Bertz CT molecular complexity index is 1160. The number of para-hydroxylation sites is 1. The SMILES string of the molecule is CC(C)c1ccc(C2(C)NC(=O)N(CC(=O)/C=C3\N(C)c4ccccc4C3(C)C)C2=O)cc1. The minimum absolute atomic E-state index is 0.291. The number of urea groups is 1. The summed E-state index contributed by atoms with van der Waals surface area (Å²) >= 11 is 0. The normalized spacial score (nSPS) is 22.8. The summed E-state index contributed by atoms with van der Waals surface area (Å²) in [6, 6.07) is 15.2. The van der Waals surface area contributed by atoms with Gasteiger partial charge in [-0.05, 0) is 35.6 Å². The van der Waals surface area contributed by atoms with E-state index in [-0.39, 0.29) is 17.7 Å². The first-order valence-electron chi connectivity index (χ1n) is 11.3. The second-order valence-corrected chi connectivity index (χ2v) is 9.92. The molecule has 0 bridgehead atoms. The average Bonchev–Trinajstić information content (AvgIpc) is 3.11. The number of carbonyl (C=O) groups is 3. The first kappa shape index (κ1) is 22.8. The van der Waals surface area contributed by atoms with Crippen molar-refractivity contribution in [2.24, 2.45) is 0 Å². The number of benzene rings is 2. The van der Waals surface area contributed by atoms with Crippen molar-refractivity contribution in [3.63, 3.8) is 0 Å². The fraction of sp³-hybridized carbons (Fsp3) is 0.370. The third-order valence-corrected chi connectivity index (χ3v) is 6.98. The highest BCUT2D eigenvalue weighted by Crippen LogP contribution is 2.46. The van der Waals surface area contributed by atoms with Crippen LogP contribution >= 0.6 is 0 Å². The van der Waals surface area contributed by atoms with Gasteiger partial charge in [-0.25, -0.2) is 4.79 Å². The number of likely N-dealkylation sites (N-methyl/N-ethyl adjacent to an activating group) is 1. The number of nitrogens with zero attached hydrogens (tertiary/aromatic N) is 2. The molecular formula is C27H31N3O3. The van der Waals surface area contributed by atoms with E-state index in [9.17, 15) is 14.4 Å². The van der Waals surface area contributed by atoms with E-state index in [0.717, 1.165) is 27.4 Å². The van der Waals surface area contributed by atoms with Crippen LogP contribution in [0.25, 0.3) is 0 Å². The van der Waals surface area contributed by atoms with Crippen molar-refractivity contribution in [2.45, 2.75) is 51.5 Å². The Labute approximate surface area is 195 Å². The molecule has 1 atom stereocenters. The molecule has 0 spiro atoms. The summed E-state index contributed by atoms with van der Waals surface area (Å²) in [5.74, 6) is -0.341. The molecule has 1 unspecified atom stereocenters. The lowest BCUT2D eigenvalue weighted by atomic mass is 9.83. The van der Waals surface area contributed by atoms with Crippen LogP contribution in [0.4, 0.5) is 10.5 Å². The molecule has 4 rings (SSSR count). The van der Waals surface area contributed by atoms with Gasteiger partial charge in [0.25, 0.3) is 5.91 Å². The van der Waals surface area contributed by atoms with Crippen LogP contribution in [0.2, 0.25) is 0 Å². The van der Waals surface area contributed by atoms with Gasteiger partial charge < -0.3 is 10.2 Å². The van der Waals surface area contributed by atoms with Crippen LogP contribution in [0.15, 0.2) is 60.3 Å². The molecule has 172 valence electrons. The first-order valence-corrected chi connectivity index (χ1v) is 11.3. The van der Waals surface area contributed by atoms with Crippen molar-refractivity contribution in [2.75, 3.05) is 18.5 Å². The molecule has 33 heavy (non-hydrogen) atoms. The quantitative estimate of drug-likeness (QED) is 0.545. The van der Waals surface area contributed by atoms with E-state index in [2.05, 4.69) is 39.1 Å². The molecule has 1 saturated heterocycles. The second-order valence-electron chi connectivity index (χ2n) is 9.92. The predicted molar refractivity (Wildman–Crippen MR) is 129 cm³/mol. The Morgan fingerprint density at radius 1 is 1.03 bits per heavy atom. The predicted octanol–water partition coefficient (Wildman–Crippen LogP) is 4.46. The number of hydrogen-bond acceptors (Lipinski definition) is 4. The molecule has 6 heteroatoms. The van der Waals surface area contributed by atoms with Gasteiger partial charge in [-0.15, -0.1) is 0 Å². The van der Waals surface area contributed by atoms with Gasteiger partial charge in [0.2, 0.25) is 0 Å². The van der Waals surface area contributed by atoms with Crippen molar-refractivity contribution in [3.05, 3.63) is 77.0 Å². The van der Waals surface area contributed by atoms with Crippen molar-refractivity contribution in [1.82, 2.24) is 10.2 Å². The van der Waals surface area contributed by atoms with Crippen molar-refractivity contribution >= 4 is 23.4 Å². The topological polar surface area (TPSA) is 69.7 Å². The third-order valence-electron chi connectivity index (χ3n) is 6.98. The summed E-state index contributed by atoms with van der Waals surface area (Å²) in [6.45, 7) is 9.73. The maximum Gasteiger partial charge on any atom is 0.325 e. The van der Waals surface area contributed by atoms with Crippen molar-refractivity contribution in [3.8, 4) is 0 Å². The molecule has 0 saturated carbocycles. The summed E-state index contributed by atoms with van der Waals surface area (Å²) in [5, 5.41) is 2.79. The van der Waals surface area contributed by atoms with Gasteiger partial charge in [0.05, 0.1) is 6.54 Å². The van der Waals surface area contributed by atoms with Crippen LogP contribution in [0, 0.1) is 0 Å². The Balaban J connectivity index is 1.56. The Morgan fingerprint density at radius 3 is 2.27 bits per heavy atom. The van der Waals surface area contributed by atoms with Crippen LogP contribution in [0.1, 0.15) is 57.2 Å². The summed E-state index contributed by atoms with van der Waals surface area (Å²) in [6.07, 6.45) is 1.56.